The van der Waals surface area contributed by atoms with Gasteiger partial charge in [-0.05, 0) is 31.0 Å². The highest BCUT2D eigenvalue weighted by Crippen LogP contribution is 2.20. The molecule has 134 valence electrons. The normalized spacial score (nSPS) is 16.1. The third kappa shape index (κ3) is 4.46. The molecular formula is C17H24FN7. The number of aryl methyl sites for hydroxylation is 1. The summed E-state index contributed by atoms with van der Waals surface area (Å²) in [5, 5.41) is 10.8. The maximum atomic E-state index is 13.4. The maximum Gasteiger partial charge on any atom is 0.191 e. The number of nitrogens with one attached hydrogen (secondary N) is 2. The van der Waals surface area contributed by atoms with E-state index in [2.05, 4.69) is 30.6 Å². The van der Waals surface area contributed by atoms with E-state index in [4.69, 9.17) is 0 Å². The summed E-state index contributed by atoms with van der Waals surface area (Å²) in [6, 6.07) is 7.13. The van der Waals surface area contributed by atoms with Crippen LogP contribution in [0.5, 0.6) is 0 Å². The molecule has 1 fully saturated rings. The number of benzene rings is 1. The van der Waals surface area contributed by atoms with Gasteiger partial charge in [-0.1, -0.05) is 6.07 Å². The molecule has 0 aliphatic carbocycles. The molecule has 3 rings (SSSR count). The lowest BCUT2D eigenvalue weighted by molar-refractivity contribution is 0.460. The Morgan fingerprint density at radius 2 is 2.16 bits per heavy atom. The van der Waals surface area contributed by atoms with Crippen molar-refractivity contribution >= 4 is 11.6 Å². The average Bonchev–Trinajstić information content (AvgIpc) is 3.04. The second-order valence-corrected chi connectivity index (χ2v) is 6.11. The fourth-order valence-corrected chi connectivity index (χ4v) is 2.99. The van der Waals surface area contributed by atoms with E-state index in [9.17, 15) is 4.39 Å². The summed E-state index contributed by atoms with van der Waals surface area (Å²) in [7, 11) is 3.62. The van der Waals surface area contributed by atoms with E-state index in [1.807, 2.05) is 13.1 Å². The van der Waals surface area contributed by atoms with Gasteiger partial charge in [0.15, 0.2) is 5.96 Å². The molecule has 1 saturated heterocycles. The first-order valence-electron chi connectivity index (χ1n) is 8.46. The Morgan fingerprint density at radius 3 is 2.80 bits per heavy atom. The van der Waals surface area contributed by atoms with Crippen molar-refractivity contribution in [2.24, 2.45) is 12.0 Å². The summed E-state index contributed by atoms with van der Waals surface area (Å²) in [5.74, 6) is 1.42. The molecule has 25 heavy (non-hydrogen) atoms. The molecule has 0 radical (unpaired) electrons. The Bertz CT molecular complexity index is 719. The van der Waals surface area contributed by atoms with Gasteiger partial charge >= 0.3 is 0 Å². The Kier molecular flexibility index (Phi) is 5.47. The first-order valence-corrected chi connectivity index (χ1v) is 8.46. The number of anilines is 1. The molecule has 1 aliphatic heterocycles. The van der Waals surface area contributed by atoms with Gasteiger partial charge in [0.25, 0.3) is 0 Å². The van der Waals surface area contributed by atoms with Crippen LogP contribution in [0.2, 0.25) is 0 Å². The molecule has 2 heterocycles. The molecule has 1 aliphatic rings. The summed E-state index contributed by atoms with van der Waals surface area (Å²) in [6.07, 6.45) is 3.48. The van der Waals surface area contributed by atoms with Crippen LogP contribution >= 0.6 is 0 Å². The smallest absolute Gasteiger partial charge is 0.191 e. The van der Waals surface area contributed by atoms with Crippen molar-refractivity contribution in [3.63, 3.8) is 0 Å². The van der Waals surface area contributed by atoms with Crippen LogP contribution in [0, 0.1) is 5.82 Å². The quantitative estimate of drug-likeness (QED) is 0.645. The second kappa shape index (κ2) is 7.96. The van der Waals surface area contributed by atoms with Crippen LogP contribution in [0.4, 0.5) is 10.1 Å². The van der Waals surface area contributed by atoms with Gasteiger partial charge in [-0.25, -0.2) is 9.37 Å². The number of piperidine rings is 1. The predicted molar refractivity (Wildman–Crippen MR) is 96.0 cm³/mol. The molecule has 2 aromatic rings. The van der Waals surface area contributed by atoms with Crippen LogP contribution in [0.15, 0.2) is 35.6 Å². The zero-order chi connectivity index (χ0) is 17.6. The first-order chi connectivity index (χ1) is 12.2. The molecule has 0 unspecified atom stereocenters. The molecule has 8 heteroatoms. The molecule has 0 bridgehead atoms. The van der Waals surface area contributed by atoms with Gasteiger partial charge in [-0.15, -0.1) is 0 Å². The van der Waals surface area contributed by atoms with Crippen LogP contribution in [0.25, 0.3) is 0 Å². The van der Waals surface area contributed by atoms with Crippen LogP contribution in [-0.4, -0.2) is 46.9 Å². The lowest BCUT2D eigenvalue weighted by Crippen LogP contribution is -2.48. The van der Waals surface area contributed by atoms with Crippen molar-refractivity contribution in [3.05, 3.63) is 42.2 Å². The summed E-state index contributed by atoms with van der Waals surface area (Å²) in [5.41, 5.74) is 0.947. The Morgan fingerprint density at radius 1 is 1.36 bits per heavy atom. The van der Waals surface area contributed by atoms with Gasteiger partial charge in [0.2, 0.25) is 0 Å². The van der Waals surface area contributed by atoms with Gasteiger partial charge < -0.3 is 15.5 Å². The topological polar surface area (TPSA) is 70.4 Å². The summed E-state index contributed by atoms with van der Waals surface area (Å²) < 4.78 is 15.1. The zero-order valence-electron chi connectivity index (χ0n) is 14.6. The van der Waals surface area contributed by atoms with Crippen molar-refractivity contribution < 1.29 is 4.39 Å². The molecule has 1 aromatic carbocycles. The molecule has 0 spiro atoms. The zero-order valence-corrected chi connectivity index (χ0v) is 14.6. The van der Waals surface area contributed by atoms with Crippen molar-refractivity contribution in [1.82, 2.24) is 25.4 Å². The molecule has 7 nitrogen and oxygen atoms in total. The lowest BCUT2D eigenvalue weighted by Gasteiger charge is -2.34. The minimum atomic E-state index is -0.189. The highest BCUT2D eigenvalue weighted by atomic mass is 19.1. The minimum absolute atomic E-state index is 0.189. The monoisotopic (exact) mass is 345 g/mol. The third-order valence-electron chi connectivity index (χ3n) is 4.45. The summed E-state index contributed by atoms with van der Waals surface area (Å²) in [6.45, 7) is 2.35. The number of nitrogens with zero attached hydrogens (tertiary/aromatic N) is 5. The van der Waals surface area contributed by atoms with E-state index in [-0.39, 0.29) is 5.82 Å². The van der Waals surface area contributed by atoms with Gasteiger partial charge in [-0.3, -0.25) is 9.67 Å². The minimum Gasteiger partial charge on any atom is -0.371 e. The van der Waals surface area contributed by atoms with Crippen LogP contribution in [0.1, 0.15) is 18.7 Å². The van der Waals surface area contributed by atoms with Crippen molar-refractivity contribution in [2.45, 2.75) is 25.4 Å². The largest absolute Gasteiger partial charge is 0.371 e. The van der Waals surface area contributed by atoms with Crippen LogP contribution in [0.3, 0.4) is 0 Å². The molecule has 0 saturated carbocycles. The van der Waals surface area contributed by atoms with E-state index >= 15 is 0 Å². The maximum absolute atomic E-state index is 13.4. The number of halogens is 1. The van der Waals surface area contributed by atoms with E-state index in [1.165, 1.54) is 12.4 Å². The fourth-order valence-electron chi connectivity index (χ4n) is 2.99. The van der Waals surface area contributed by atoms with Crippen LogP contribution < -0.4 is 15.5 Å². The van der Waals surface area contributed by atoms with Crippen molar-refractivity contribution in [2.75, 3.05) is 25.0 Å². The van der Waals surface area contributed by atoms with Gasteiger partial charge in [0.1, 0.15) is 18.0 Å². The van der Waals surface area contributed by atoms with Gasteiger partial charge in [0.05, 0.1) is 6.54 Å². The number of hydrogen-bond donors (Lipinski definition) is 2. The van der Waals surface area contributed by atoms with E-state index in [0.717, 1.165) is 43.4 Å². The van der Waals surface area contributed by atoms with Crippen molar-refractivity contribution in [3.8, 4) is 0 Å². The van der Waals surface area contributed by atoms with Crippen molar-refractivity contribution in [1.29, 1.82) is 0 Å². The SMILES string of the molecule is CN=C(NCc1ncnn1C)NC1CCN(c2cccc(F)c2)CC1. The predicted octanol–water partition coefficient (Wildman–Crippen LogP) is 1.29. The molecular weight excluding hydrogens is 321 g/mol. The highest BCUT2D eigenvalue weighted by molar-refractivity contribution is 5.79. The summed E-state index contributed by atoms with van der Waals surface area (Å²) >= 11 is 0. The second-order valence-electron chi connectivity index (χ2n) is 6.11. The Balaban J connectivity index is 1.48. The molecule has 0 atom stereocenters. The standard InChI is InChI=1S/C17H24FN7/c1-19-17(20-11-16-21-12-22-24(16)2)23-14-6-8-25(9-7-14)15-5-3-4-13(18)10-15/h3-5,10,12,14H,6-9,11H2,1-2H3,(H2,19,20,23). The number of hydrogen-bond acceptors (Lipinski definition) is 4. The number of guanidine groups is 1. The van der Waals surface area contributed by atoms with E-state index in [1.54, 1.807) is 23.9 Å². The molecule has 1 aromatic heterocycles. The molecule has 0 amide bonds. The third-order valence-corrected chi connectivity index (χ3v) is 4.45. The average molecular weight is 345 g/mol. The fraction of sp³-hybridized carbons (Fsp3) is 0.471. The summed E-state index contributed by atoms with van der Waals surface area (Å²) in [4.78, 5) is 10.7. The first kappa shape index (κ1) is 17.2. The van der Waals surface area contributed by atoms with Crippen LogP contribution in [-0.2, 0) is 13.6 Å². The Labute approximate surface area is 147 Å². The van der Waals surface area contributed by atoms with Gasteiger partial charge in [-0.2, -0.15) is 5.10 Å². The Hall–Kier alpha value is -2.64. The van der Waals surface area contributed by atoms with E-state index < -0.39 is 0 Å². The van der Waals surface area contributed by atoms with Gasteiger partial charge in [0, 0.05) is 38.9 Å². The number of aromatic nitrogens is 3. The van der Waals surface area contributed by atoms with E-state index in [0.29, 0.717) is 12.6 Å². The number of aliphatic imine (C=N–C) groups is 1. The lowest BCUT2D eigenvalue weighted by atomic mass is 10.0. The molecule has 2 N–H and O–H groups in total. The number of rotatable bonds is 4. The highest BCUT2D eigenvalue weighted by Gasteiger charge is 2.20.